The Morgan fingerprint density at radius 3 is 2.31 bits per heavy atom. The highest BCUT2D eigenvalue weighted by Gasteiger charge is 2.56. The van der Waals surface area contributed by atoms with Gasteiger partial charge in [-0.25, -0.2) is 4.39 Å². The van der Waals surface area contributed by atoms with Crippen LogP contribution in [-0.4, -0.2) is 6.17 Å². The molecule has 4 bridgehead atoms. The molecule has 4 aliphatic rings. The van der Waals surface area contributed by atoms with Gasteiger partial charge in [-0.05, 0) is 56.3 Å². The molecule has 0 aromatic carbocycles. The van der Waals surface area contributed by atoms with E-state index in [1.807, 2.05) is 0 Å². The Morgan fingerprint density at radius 2 is 1.77 bits per heavy atom. The van der Waals surface area contributed by atoms with Gasteiger partial charge in [-0.15, -0.1) is 0 Å². The van der Waals surface area contributed by atoms with E-state index < -0.39 is 6.17 Å². The number of alkyl halides is 1. The second-order valence-electron chi connectivity index (χ2n) is 5.73. The molecule has 4 fully saturated rings. The molecule has 0 nitrogen and oxygen atoms in total. The van der Waals surface area contributed by atoms with Gasteiger partial charge in [0.15, 0.2) is 0 Å². The van der Waals surface area contributed by atoms with Crippen LogP contribution >= 0.6 is 0 Å². The van der Waals surface area contributed by atoms with Crippen LogP contribution in [0.3, 0.4) is 0 Å². The first-order valence-corrected chi connectivity index (χ1v) is 5.87. The van der Waals surface area contributed by atoms with Crippen LogP contribution in [-0.2, 0) is 0 Å². The monoisotopic (exact) mass is 182 g/mol. The second-order valence-corrected chi connectivity index (χ2v) is 5.73. The maximum Gasteiger partial charge on any atom is 0.109 e. The Balaban J connectivity index is 1.95. The number of hydrogen-bond acceptors (Lipinski definition) is 0. The Hall–Kier alpha value is -0.0700. The smallest absolute Gasteiger partial charge is 0.109 e. The fourth-order valence-electron chi connectivity index (χ4n) is 4.63. The summed E-state index contributed by atoms with van der Waals surface area (Å²) in [6.45, 7) is 2.19. The van der Waals surface area contributed by atoms with Crippen LogP contribution < -0.4 is 0 Å². The van der Waals surface area contributed by atoms with Crippen molar-refractivity contribution in [1.29, 1.82) is 0 Å². The number of rotatable bonds is 1. The molecular formula is C12H19F. The first-order chi connectivity index (χ1) is 6.23. The van der Waals surface area contributed by atoms with Crippen molar-refractivity contribution in [1.82, 2.24) is 0 Å². The minimum atomic E-state index is -0.453. The van der Waals surface area contributed by atoms with Gasteiger partial charge in [0.1, 0.15) is 6.17 Å². The fraction of sp³-hybridized carbons (Fsp3) is 1.00. The van der Waals surface area contributed by atoms with Gasteiger partial charge in [-0.1, -0.05) is 6.92 Å². The summed E-state index contributed by atoms with van der Waals surface area (Å²) < 4.78 is 14.1. The van der Waals surface area contributed by atoms with E-state index >= 15 is 0 Å². The third-order valence-corrected chi connectivity index (χ3v) is 5.03. The van der Waals surface area contributed by atoms with E-state index in [1.165, 1.54) is 32.1 Å². The van der Waals surface area contributed by atoms with E-state index in [-0.39, 0.29) is 5.41 Å². The topological polar surface area (TPSA) is 0 Å². The van der Waals surface area contributed by atoms with Gasteiger partial charge in [0.2, 0.25) is 0 Å². The molecule has 0 spiro atoms. The molecule has 1 heteroatoms. The summed E-state index contributed by atoms with van der Waals surface area (Å²) >= 11 is 0. The highest BCUT2D eigenvalue weighted by atomic mass is 19.1. The molecule has 3 atom stereocenters. The van der Waals surface area contributed by atoms with Gasteiger partial charge in [-0.3, -0.25) is 0 Å². The zero-order valence-electron chi connectivity index (χ0n) is 8.43. The Labute approximate surface area is 79.9 Å². The van der Waals surface area contributed by atoms with Gasteiger partial charge < -0.3 is 0 Å². The molecule has 3 unspecified atom stereocenters. The molecule has 0 heterocycles. The first-order valence-electron chi connectivity index (χ1n) is 5.87. The lowest BCUT2D eigenvalue weighted by molar-refractivity contribution is -0.122. The third-order valence-electron chi connectivity index (χ3n) is 5.03. The molecule has 0 aromatic heterocycles. The highest BCUT2D eigenvalue weighted by molar-refractivity contribution is 5.06. The largest absolute Gasteiger partial charge is 0.247 e. The van der Waals surface area contributed by atoms with Gasteiger partial charge in [-0.2, -0.15) is 0 Å². The third kappa shape index (κ3) is 0.964. The van der Waals surface area contributed by atoms with Crippen LogP contribution in [0.15, 0.2) is 0 Å². The van der Waals surface area contributed by atoms with E-state index in [1.54, 1.807) is 0 Å². The molecule has 0 aromatic rings. The van der Waals surface area contributed by atoms with E-state index in [9.17, 15) is 4.39 Å². The summed E-state index contributed by atoms with van der Waals surface area (Å²) in [6, 6.07) is 0. The minimum Gasteiger partial charge on any atom is -0.247 e. The van der Waals surface area contributed by atoms with Crippen LogP contribution in [0.2, 0.25) is 0 Å². The zero-order chi connectivity index (χ0) is 9.05. The van der Waals surface area contributed by atoms with Crippen molar-refractivity contribution in [2.45, 2.75) is 51.6 Å². The molecule has 0 aliphatic heterocycles. The lowest BCUT2D eigenvalue weighted by Crippen LogP contribution is -2.53. The number of hydrogen-bond donors (Lipinski definition) is 0. The Morgan fingerprint density at radius 1 is 1.15 bits per heavy atom. The molecule has 0 radical (unpaired) electrons. The van der Waals surface area contributed by atoms with Gasteiger partial charge >= 0.3 is 0 Å². The molecule has 13 heavy (non-hydrogen) atoms. The van der Waals surface area contributed by atoms with Gasteiger partial charge in [0.25, 0.3) is 0 Å². The van der Waals surface area contributed by atoms with Crippen molar-refractivity contribution in [3.63, 3.8) is 0 Å². The maximum absolute atomic E-state index is 14.1. The molecule has 0 N–H and O–H groups in total. The van der Waals surface area contributed by atoms with E-state index in [0.29, 0.717) is 5.92 Å². The molecule has 0 amide bonds. The quantitative estimate of drug-likeness (QED) is 0.581. The molecule has 4 aliphatic carbocycles. The average Bonchev–Trinajstić information content (AvgIpc) is 2.12. The van der Waals surface area contributed by atoms with Crippen LogP contribution in [0.25, 0.3) is 0 Å². The van der Waals surface area contributed by atoms with Gasteiger partial charge in [0, 0.05) is 5.41 Å². The maximum atomic E-state index is 14.1. The van der Waals surface area contributed by atoms with Crippen LogP contribution in [0.4, 0.5) is 4.39 Å². The molecule has 4 rings (SSSR count). The normalized spacial score (nSPS) is 58.6. The van der Waals surface area contributed by atoms with Crippen LogP contribution in [0, 0.1) is 23.2 Å². The lowest BCUT2D eigenvalue weighted by Gasteiger charge is -2.58. The molecule has 74 valence electrons. The van der Waals surface area contributed by atoms with Crippen molar-refractivity contribution in [3.05, 3.63) is 0 Å². The Bertz CT molecular complexity index is 209. The zero-order valence-corrected chi connectivity index (χ0v) is 8.43. The number of halogens is 1. The first kappa shape index (κ1) is 8.26. The average molecular weight is 182 g/mol. The SMILES string of the molecule is CCC12CC3CC(CC(C3)C1F)C2. The summed E-state index contributed by atoms with van der Waals surface area (Å²) in [5.74, 6) is 2.24. The van der Waals surface area contributed by atoms with Crippen molar-refractivity contribution in [2.24, 2.45) is 23.2 Å². The summed E-state index contributed by atoms with van der Waals surface area (Å²) in [7, 11) is 0. The van der Waals surface area contributed by atoms with E-state index in [4.69, 9.17) is 0 Å². The van der Waals surface area contributed by atoms with Crippen molar-refractivity contribution < 1.29 is 4.39 Å². The van der Waals surface area contributed by atoms with Crippen LogP contribution in [0.1, 0.15) is 45.4 Å². The highest BCUT2D eigenvalue weighted by Crippen LogP contribution is 2.62. The molecule has 0 saturated heterocycles. The van der Waals surface area contributed by atoms with E-state index in [0.717, 1.165) is 18.3 Å². The van der Waals surface area contributed by atoms with Crippen LogP contribution in [0.5, 0.6) is 0 Å². The van der Waals surface area contributed by atoms with Crippen molar-refractivity contribution in [3.8, 4) is 0 Å². The van der Waals surface area contributed by atoms with Crippen molar-refractivity contribution in [2.75, 3.05) is 0 Å². The minimum absolute atomic E-state index is 0.134. The predicted octanol–water partition coefficient (Wildman–Crippen LogP) is 3.56. The van der Waals surface area contributed by atoms with Crippen molar-refractivity contribution >= 4 is 0 Å². The van der Waals surface area contributed by atoms with E-state index in [2.05, 4.69) is 6.92 Å². The predicted molar refractivity (Wildman–Crippen MR) is 51.2 cm³/mol. The standard InChI is InChI=1S/C12H19F/c1-2-12-6-8-3-9(7-12)5-10(4-8)11(12)13/h8-11H,2-7H2,1H3. The molecular weight excluding hydrogens is 163 g/mol. The molecule has 4 saturated carbocycles. The summed E-state index contributed by atoms with van der Waals surface area (Å²) in [5, 5.41) is 0. The fourth-order valence-corrected chi connectivity index (χ4v) is 4.63. The summed E-state index contributed by atoms with van der Waals surface area (Å²) in [5.41, 5.74) is 0.134. The Kier molecular flexibility index (Phi) is 1.58. The summed E-state index contributed by atoms with van der Waals surface area (Å²) in [6.07, 6.45) is 6.88. The second kappa shape index (κ2) is 2.49. The van der Waals surface area contributed by atoms with Gasteiger partial charge in [0.05, 0.1) is 0 Å². The summed E-state index contributed by atoms with van der Waals surface area (Å²) in [4.78, 5) is 0. The lowest BCUT2D eigenvalue weighted by atomic mass is 9.48.